The number of ether oxygens (including phenoxy) is 1. The van der Waals surface area contributed by atoms with Gasteiger partial charge in [-0.25, -0.2) is 20.7 Å². The van der Waals surface area contributed by atoms with Crippen LogP contribution in [-0.2, 0) is 4.79 Å². The van der Waals surface area contributed by atoms with E-state index in [0.717, 1.165) is 5.56 Å². The quantitative estimate of drug-likeness (QED) is 0.460. The number of hydrogen-bond donors (Lipinski definition) is 4. The summed E-state index contributed by atoms with van der Waals surface area (Å²) in [7, 11) is 0. The lowest BCUT2D eigenvalue weighted by Gasteiger charge is -2.09. The molecule has 0 aliphatic carbocycles. The Morgan fingerprint density at radius 3 is 2.85 bits per heavy atom. The van der Waals surface area contributed by atoms with Crippen LogP contribution in [0.25, 0.3) is 0 Å². The first-order chi connectivity index (χ1) is 13.1. The van der Waals surface area contributed by atoms with Crippen LogP contribution in [0, 0.1) is 5.82 Å². The van der Waals surface area contributed by atoms with Crippen molar-refractivity contribution >= 4 is 12.1 Å². The second kappa shape index (κ2) is 8.61. The van der Waals surface area contributed by atoms with Crippen LogP contribution in [-0.4, -0.2) is 29.9 Å². The van der Waals surface area contributed by atoms with Gasteiger partial charge < -0.3 is 9.84 Å². The van der Waals surface area contributed by atoms with Crippen molar-refractivity contribution in [1.82, 2.24) is 16.3 Å². The maximum atomic E-state index is 13.0. The molecule has 1 aliphatic heterocycles. The van der Waals surface area contributed by atoms with Crippen molar-refractivity contribution in [2.45, 2.75) is 25.4 Å². The van der Waals surface area contributed by atoms with Gasteiger partial charge in [0.05, 0.1) is 12.8 Å². The van der Waals surface area contributed by atoms with Gasteiger partial charge in [0.15, 0.2) is 11.5 Å². The van der Waals surface area contributed by atoms with Gasteiger partial charge in [-0.1, -0.05) is 12.1 Å². The summed E-state index contributed by atoms with van der Waals surface area (Å²) in [6.45, 7) is 2.25. The molecule has 1 aliphatic rings. The van der Waals surface area contributed by atoms with Crippen molar-refractivity contribution in [3.05, 3.63) is 59.4 Å². The number of aromatic hydroxyl groups is 1. The number of amides is 1. The average molecular weight is 372 g/mol. The number of nitrogens with one attached hydrogen (secondary N) is 3. The molecule has 1 saturated heterocycles. The number of rotatable bonds is 6. The molecule has 0 radical (unpaired) electrons. The molecule has 1 heterocycles. The van der Waals surface area contributed by atoms with Crippen LogP contribution in [0.3, 0.4) is 0 Å². The average Bonchev–Trinajstić information content (AvgIpc) is 3.15. The number of hydrogen-bond acceptors (Lipinski definition) is 6. The minimum atomic E-state index is -0.462. The minimum Gasteiger partial charge on any atom is -0.504 e. The standard InChI is InChI=1S/C19H21FN4O3/c1-2-27-18-9-12(3-8-17(18)25)11-21-24-19(26)16-10-15(22-23-16)13-4-6-14(20)7-5-13/h3-9,11,15-16,22-23,25H,2,10H2,1H3,(H,24,26)/b21-11+. The van der Waals surface area contributed by atoms with Crippen molar-refractivity contribution in [3.8, 4) is 11.5 Å². The van der Waals surface area contributed by atoms with Gasteiger partial charge in [0, 0.05) is 6.04 Å². The lowest BCUT2D eigenvalue weighted by molar-refractivity contribution is -0.122. The third-order valence-corrected chi connectivity index (χ3v) is 4.16. The molecule has 2 aromatic rings. The van der Waals surface area contributed by atoms with Gasteiger partial charge in [-0.05, 0) is 54.8 Å². The van der Waals surface area contributed by atoms with E-state index in [2.05, 4.69) is 21.4 Å². The highest BCUT2D eigenvalue weighted by molar-refractivity contribution is 5.85. The van der Waals surface area contributed by atoms with Gasteiger partial charge >= 0.3 is 0 Å². The third-order valence-electron chi connectivity index (χ3n) is 4.16. The molecule has 2 atom stereocenters. The van der Waals surface area contributed by atoms with E-state index in [1.807, 2.05) is 6.92 Å². The monoisotopic (exact) mass is 372 g/mol. The number of nitrogens with zero attached hydrogens (tertiary/aromatic N) is 1. The van der Waals surface area contributed by atoms with Gasteiger partial charge in [0.25, 0.3) is 5.91 Å². The summed E-state index contributed by atoms with van der Waals surface area (Å²) in [6.07, 6.45) is 1.99. The van der Waals surface area contributed by atoms with E-state index in [9.17, 15) is 14.3 Å². The van der Waals surface area contributed by atoms with Crippen LogP contribution in [0.15, 0.2) is 47.6 Å². The second-order valence-corrected chi connectivity index (χ2v) is 6.08. The topological polar surface area (TPSA) is 95.0 Å². The minimum absolute atomic E-state index is 0.0473. The number of halogens is 1. The number of phenols is 1. The molecule has 1 amide bonds. The van der Waals surface area contributed by atoms with Gasteiger partial charge in [-0.3, -0.25) is 4.79 Å². The molecule has 0 bridgehead atoms. The van der Waals surface area contributed by atoms with E-state index in [1.54, 1.807) is 24.3 Å². The maximum Gasteiger partial charge on any atom is 0.258 e. The molecular weight excluding hydrogens is 351 g/mol. The summed E-state index contributed by atoms with van der Waals surface area (Å²) in [5, 5.41) is 13.6. The Bertz CT molecular complexity index is 826. The smallest absolute Gasteiger partial charge is 0.258 e. The van der Waals surface area contributed by atoms with Crippen molar-refractivity contribution < 1.29 is 19.0 Å². The molecule has 2 aromatic carbocycles. The largest absolute Gasteiger partial charge is 0.504 e. The number of hydrazine groups is 1. The number of hydrazone groups is 1. The van der Waals surface area contributed by atoms with Crippen molar-refractivity contribution in [1.29, 1.82) is 0 Å². The fourth-order valence-corrected chi connectivity index (χ4v) is 2.77. The molecule has 4 N–H and O–H groups in total. The van der Waals surface area contributed by atoms with Gasteiger partial charge in [-0.15, -0.1) is 0 Å². The Hall–Kier alpha value is -2.97. The molecule has 7 nitrogen and oxygen atoms in total. The molecule has 0 aromatic heterocycles. The Morgan fingerprint density at radius 2 is 2.11 bits per heavy atom. The zero-order chi connectivity index (χ0) is 19.2. The number of carbonyl (C=O) groups is 1. The molecule has 142 valence electrons. The number of benzene rings is 2. The van der Waals surface area contributed by atoms with Crippen molar-refractivity contribution in [2.24, 2.45) is 5.10 Å². The summed E-state index contributed by atoms with van der Waals surface area (Å²) in [6, 6.07) is 10.4. The summed E-state index contributed by atoms with van der Waals surface area (Å²) < 4.78 is 18.3. The lowest BCUT2D eigenvalue weighted by Crippen LogP contribution is -2.41. The van der Waals surface area contributed by atoms with E-state index < -0.39 is 6.04 Å². The first-order valence-corrected chi connectivity index (χ1v) is 8.62. The Balaban J connectivity index is 1.54. The first kappa shape index (κ1) is 18.8. The van der Waals surface area contributed by atoms with Crippen LogP contribution in [0.4, 0.5) is 4.39 Å². The zero-order valence-corrected chi connectivity index (χ0v) is 14.8. The van der Waals surface area contributed by atoms with Gasteiger partial charge in [0.1, 0.15) is 11.9 Å². The van der Waals surface area contributed by atoms with E-state index in [0.29, 0.717) is 24.3 Å². The third kappa shape index (κ3) is 4.81. The summed E-state index contributed by atoms with van der Waals surface area (Å²) in [5.41, 5.74) is 10.0. The number of carbonyl (C=O) groups excluding carboxylic acids is 1. The Labute approximate surface area is 156 Å². The Kier molecular flexibility index (Phi) is 6.00. The van der Waals surface area contributed by atoms with Crippen LogP contribution in [0.5, 0.6) is 11.5 Å². The van der Waals surface area contributed by atoms with E-state index in [1.165, 1.54) is 24.4 Å². The summed E-state index contributed by atoms with van der Waals surface area (Å²) >= 11 is 0. The van der Waals surface area contributed by atoms with Crippen LogP contribution >= 0.6 is 0 Å². The molecular formula is C19H21FN4O3. The molecule has 0 spiro atoms. The summed E-state index contributed by atoms with van der Waals surface area (Å²) in [5.74, 6) is -0.176. The van der Waals surface area contributed by atoms with E-state index >= 15 is 0 Å². The Morgan fingerprint density at radius 1 is 1.33 bits per heavy atom. The zero-order valence-electron chi connectivity index (χ0n) is 14.8. The molecule has 3 rings (SSSR count). The van der Waals surface area contributed by atoms with Gasteiger partial charge in [-0.2, -0.15) is 5.10 Å². The fourth-order valence-electron chi connectivity index (χ4n) is 2.77. The highest BCUT2D eigenvalue weighted by atomic mass is 19.1. The number of phenolic OH excluding ortho intramolecular Hbond substituents is 1. The van der Waals surface area contributed by atoms with Crippen LogP contribution < -0.4 is 21.0 Å². The molecule has 2 unspecified atom stereocenters. The normalized spacial score (nSPS) is 19.3. The van der Waals surface area contributed by atoms with E-state index in [-0.39, 0.29) is 23.5 Å². The van der Waals surface area contributed by atoms with Crippen molar-refractivity contribution in [3.63, 3.8) is 0 Å². The van der Waals surface area contributed by atoms with E-state index in [4.69, 9.17) is 4.74 Å². The lowest BCUT2D eigenvalue weighted by atomic mass is 10.0. The molecule has 8 heteroatoms. The predicted octanol–water partition coefficient (Wildman–Crippen LogP) is 1.99. The predicted molar refractivity (Wildman–Crippen MR) is 98.8 cm³/mol. The second-order valence-electron chi connectivity index (χ2n) is 6.08. The highest BCUT2D eigenvalue weighted by Gasteiger charge is 2.29. The van der Waals surface area contributed by atoms with Gasteiger partial charge in [0.2, 0.25) is 0 Å². The van der Waals surface area contributed by atoms with Crippen LogP contribution in [0.1, 0.15) is 30.5 Å². The highest BCUT2D eigenvalue weighted by Crippen LogP contribution is 2.26. The fraction of sp³-hybridized carbons (Fsp3) is 0.263. The molecule has 27 heavy (non-hydrogen) atoms. The van der Waals surface area contributed by atoms with Crippen LogP contribution in [0.2, 0.25) is 0 Å². The maximum absolute atomic E-state index is 13.0. The summed E-state index contributed by atoms with van der Waals surface area (Å²) in [4.78, 5) is 12.2. The molecule has 1 fully saturated rings. The van der Waals surface area contributed by atoms with Crippen molar-refractivity contribution in [2.75, 3.05) is 6.61 Å². The molecule has 0 saturated carbocycles. The SMILES string of the molecule is CCOc1cc(/C=N/NC(=O)C2CC(c3ccc(F)cc3)NN2)ccc1O. The first-order valence-electron chi connectivity index (χ1n) is 8.62.